The number of morpholine rings is 1. The van der Waals surface area contributed by atoms with Crippen molar-refractivity contribution < 1.29 is 23.5 Å². The third-order valence-corrected chi connectivity index (χ3v) is 3.29. The Morgan fingerprint density at radius 3 is 2.78 bits per heavy atom. The monoisotopic (exact) mass is 324 g/mol. The van der Waals surface area contributed by atoms with Crippen LogP contribution in [-0.4, -0.2) is 53.2 Å². The number of amides is 1. The highest BCUT2D eigenvalue weighted by Crippen LogP contribution is 2.18. The Hall–Kier alpha value is -2.02. The minimum Gasteiger partial charge on any atom is -0.444 e. The normalized spacial score (nSPS) is 18.6. The molecule has 1 aromatic rings. The van der Waals surface area contributed by atoms with Crippen LogP contribution in [-0.2, 0) is 9.47 Å². The molecule has 0 radical (unpaired) electrons. The molecule has 1 aromatic heterocycles. The Labute approximate surface area is 134 Å². The Morgan fingerprint density at radius 2 is 2.17 bits per heavy atom. The van der Waals surface area contributed by atoms with Gasteiger partial charge in [0.15, 0.2) is 5.78 Å². The van der Waals surface area contributed by atoms with Crippen LogP contribution in [0.25, 0.3) is 0 Å². The molecule has 0 aromatic carbocycles. The van der Waals surface area contributed by atoms with E-state index in [1.807, 2.05) is 0 Å². The highest BCUT2D eigenvalue weighted by Gasteiger charge is 2.32. The second-order valence-corrected chi connectivity index (χ2v) is 6.39. The lowest BCUT2D eigenvalue weighted by atomic mass is 10.1. The van der Waals surface area contributed by atoms with E-state index >= 15 is 0 Å². The number of aromatic nitrogens is 1. The van der Waals surface area contributed by atoms with Crippen LogP contribution in [0.15, 0.2) is 18.3 Å². The van der Waals surface area contributed by atoms with Gasteiger partial charge in [-0.1, -0.05) is 0 Å². The number of pyridine rings is 1. The van der Waals surface area contributed by atoms with Gasteiger partial charge in [0.25, 0.3) is 0 Å². The number of carbonyl (C=O) groups is 2. The van der Waals surface area contributed by atoms with Crippen molar-refractivity contribution in [2.45, 2.75) is 38.8 Å². The van der Waals surface area contributed by atoms with Gasteiger partial charge in [-0.25, -0.2) is 9.18 Å². The topological polar surface area (TPSA) is 68.7 Å². The number of hydrogen-bond acceptors (Lipinski definition) is 5. The quantitative estimate of drug-likeness (QED) is 0.799. The number of Topliss-reactive ketones (excluding diaryl/α,β-unsaturated/α-hetero) is 1. The summed E-state index contributed by atoms with van der Waals surface area (Å²) < 4.78 is 23.6. The fraction of sp³-hybridized carbons (Fsp3) is 0.562. The first-order valence-electron chi connectivity index (χ1n) is 7.48. The molecule has 0 saturated carbocycles. The number of ether oxygens (including phenoxy) is 2. The Bertz CT molecular complexity index is 568. The van der Waals surface area contributed by atoms with Gasteiger partial charge in [-0.05, 0) is 32.9 Å². The molecule has 0 bridgehead atoms. The molecule has 1 amide bonds. The fourth-order valence-electron chi connectivity index (χ4n) is 2.24. The van der Waals surface area contributed by atoms with Gasteiger partial charge in [0.2, 0.25) is 0 Å². The highest BCUT2D eigenvalue weighted by molar-refractivity contribution is 5.94. The molecule has 23 heavy (non-hydrogen) atoms. The summed E-state index contributed by atoms with van der Waals surface area (Å²) in [5, 5.41) is 0. The smallest absolute Gasteiger partial charge is 0.410 e. The molecule has 0 spiro atoms. The predicted octanol–water partition coefficient (Wildman–Crippen LogP) is 2.43. The van der Waals surface area contributed by atoms with E-state index in [1.54, 1.807) is 20.8 Å². The average Bonchev–Trinajstić information content (AvgIpc) is 2.46. The standard InChI is InChI=1S/C16H21FN2O4/c1-16(2,3)23-15(21)19-6-7-22-10-12(19)8-14(20)13-5-4-11(17)9-18-13/h4-5,9,12H,6-8,10H2,1-3H3. The zero-order valence-electron chi connectivity index (χ0n) is 13.5. The number of ketones is 1. The molecular formula is C16H21FN2O4. The molecule has 2 heterocycles. The van der Waals surface area contributed by atoms with Crippen molar-refractivity contribution in [2.24, 2.45) is 0 Å². The van der Waals surface area contributed by atoms with Crippen molar-refractivity contribution in [3.63, 3.8) is 0 Å². The van der Waals surface area contributed by atoms with Crippen LogP contribution in [0, 0.1) is 5.82 Å². The molecule has 2 rings (SSSR count). The molecule has 1 atom stereocenters. The molecule has 1 aliphatic heterocycles. The number of carbonyl (C=O) groups excluding carboxylic acids is 2. The van der Waals surface area contributed by atoms with Gasteiger partial charge in [-0.2, -0.15) is 0 Å². The van der Waals surface area contributed by atoms with E-state index in [0.717, 1.165) is 6.20 Å². The maximum absolute atomic E-state index is 12.9. The molecule has 1 unspecified atom stereocenters. The summed E-state index contributed by atoms with van der Waals surface area (Å²) in [6, 6.07) is 2.10. The predicted molar refractivity (Wildman–Crippen MR) is 80.7 cm³/mol. The van der Waals surface area contributed by atoms with Gasteiger partial charge in [0, 0.05) is 13.0 Å². The van der Waals surface area contributed by atoms with E-state index in [4.69, 9.17) is 9.47 Å². The molecule has 0 aliphatic carbocycles. The van der Waals surface area contributed by atoms with E-state index in [2.05, 4.69) is 4.98 Å². The van der Waals surface area contributed by atoms with Gasteiger partial charge in [0.1, 0.15) is 17.1 Å². The summed E-state index contributed by atoms with van der Waals surface area (Å²) >= 11 is 0. The van der Waals surface area contributed by atoms with E-state index in [-0.39, 0.29) is 24.5 Å². The number of hydrogen-bond donors (Lipinski definition) is 0. The van der Waals surface area contributed by atoms with Crippen molar-refractivity contribution >= 4 is 11.9 Å². The van der Waals surface area contributed by atoms with E-state index in [0.29, 0.717) is 13.2 Å². The molecule has 7 heteroatoms. The lowest BCUT2D eigenvalue weighted by Gasteiger charge is -2.36. The molecule has 6 nitrogen and oxygen atoms in total. The highest BCUT2D eigenvalue weighted by atomic mass is 19.1. The zero-order chi connectivity index (χ0) is 17.0. The second-order valence-electron chi connectivity index (χ2n) is 6.39. The Kier molecular flexibility index (Phi) is 5.30. The number of nitrogens with zero attached hydrogens (tertiary/aromatic N) is 2. The van der Waals surface area contributed by atoms with Crippen LogP contribution < -0.4 is 0 Å². The third kappa shape index (κ3) is 4.99. The SMILES string of the molecule is CC(C)(C)OC(=O)N1CCOCC1CC(=O)c1ccc(F)cn1. The van der Waals surface area contributed by atoms with Crippen LogP contribution in [0.3, 0.4) is 0 Å². The van der Waals surface area contributed by atoms with Gasteiger partial charge in [-0.15, -0.1) is 0 Å². The van der Waals surface area contributed by atoms with Crippen molar-refractivity contribution in [3.05, 3.63) is 29.8 Å². The van der Waals surface area contributed by atoms with Crippen LogP contribution >= 0.6 is 0 Å². The largest absolute Gasteiger partial charge is 0.444 e. The summed E-state index contributed by atoms with van der Waals surface area (Å²) in [4.78, 5) is 29.8. The maximum atomic E-state index is 12.9. The summed E-state index contributed by atoms with van der Waals surface area (Å²) in [7, 11) is 0. The molecular weight excluding hydrogens is 303 g/mol. The van der Waals surface area contributed by atoms with Gasteiger partial charge >= 0.3 is 6.09 Å². The van der Waals surface area contributed by atoms with Crippen LogP contribution in [0.5, 0.6) is 0 Å². The van der Waals surface area contributed by atoms with Crippen LogP contribution in [0.2, 0.25) is 0 Å². The molecule has 126 valence electrons. The van der Waals surface area contributed by atoms with Gasteiger partial charge in [0.05, 0.1) is 25.5 Å². The maximum Gasteiger partial charge on any atom is 0.410 e. The van der Waals surface area contributed by atoms with Crippen molar-refractivity contribution in [2.75, 3.05) is 19.8 Å². The zero-order valence-corrected chi connectivity index (χ0v) is 13.5. The summed E-state index contributed by atoms with van der Waals surface area (Å²) in [5.41, 5.74) is -0.441. The Balaban J connectivity index is 2.04. The van der Waals surface area contributed by atoms with E-state index < -0.39 is 23.6 Å². The van der Waals surface area contributed by atoms with Crippen molar-refractivity contribution in [3.8, 4) is 0 Å². The Morgan fingerprint density at radius 1 is 1.43 bits per heavy atom. The molecule has 1 aliphatic rings. The third-order valence-electron chi connectivity index (χ3n) is 3.29. The molecule has 0 N–H and O–H groups in total. The number of rotatable bonds is 3. The van der Waals surface area contributed by atoms with Crippen molar-refractivity contribution in [1.82, 2.24) is 9.88 Å². The van der Waals surface area contributed by atoms with Crippen LogP contribution in [0.1, 0.15) is 37.7 Å². The average molecular weight is 324 g/mol. The van der Waals surface area contributed by atoms with Gasteiger partial charge in [-0.3, -0.25) is 9.78 Å². The first kappa shape index (κ1) is 17.3. The summed E-state index contributed by atoms with van der Waals surface area (Å²) in [6.07, 6.45) is 0.583. The lowest BCUT2D eigenvalue weighted by molar-refractivity contribution is -0.0322. The fourth-order valence-corrected chi connectivity index (χ4v) is 2.24. The minimum atomic E-state index is -0.609. The molecule has 1 fully saturated rings. The minimum absolute atomic E-state index is 0.0534. The second kappa shape index (κ2) is 7.04. The van der Waals surface area contributed by atoms with Crippen molar-refractivity contribution in [1.29, 1.82) is 0 Å². The first-order chi connectivity index (χ1) is 10.8. The van der Waals surface area contributed by atoms with E-state index in [9.17, 15) is 14.0 Å². The van der Waals surface area contributed by atoms with E-state index in [1.165, 1.54) is 17.0 Å². The van der Waals surface area contributed by atoms with Crippen LogP contribution in [0.4, 0.5) is 9.18 Å². The summed E-state index contributed by atoms with van der Waals surface area (Å²) in [5.74, 6) is -0.771. The number of halogens is 1. The van der Waals surface area contributed by atoms with Gasteiger partial charge < -0.3 is 14.4 Å². The summed E-state index contributed by atoms with van der Waals surface area (Å²) in [6.45, 7) is 6.38. The first-order valence-corrected chi connectivity index (χ1v) is 7.48. The molecule has 1 saturated heterocycles. The lowest BCUT2D eigenvalue weighted by Crippen LogP contribution is -2.51.